The fourth-order valence-corrected chi connectivity index (χ4v) is 3.22. The van der Waals surface area contributed by atoms with Crippen molar-refractivity contribution in [2.24, 2.45) is 5.92 Å². The Hall–Kier alpha value is -2.63. The van der Waals surface area contributed by atoms with Crippen LogP contribution in [0.5, 0.6) is 5.75 Å². The van der Waals surface area contributed by atoms with Crippen molar-refractivity contribution in [1.82, 2.24) is 10.2 Å². The molecule has 0 spiro atoms. The summed E-state index contributed by atoms with van der Waals surface area (Å²) in [4.78, 5) is 10.6. The molecule has 0 unspecified atom stereocenters. The number of nitro benzene ring substituents is 1. The number of hydrogen-bond acceptors (Lipinski definition) is 4. The highest BCUT2D eigenvalue weighted by Gasteiger charge is 2.20. The third kappa shape index (κ3) is 3.57. The number of allylic oxidation sites excluding steroid dienone is 1. The van der Waals surface area contributed by atoms with E-state index in [9.17, 15) is 10.1 Å². The van der Waals surface area contributed by atoms with Gasteiger partial charge in [0.05, 0.1) is 10.6 Å². The molecule has 1 heterocycles. The largest absolute Gasteiger partial charge is 0.461 e. The second-order valence-corrected chi connectivity index (χ2v) is 7.04. The first-order valence-corrected chi connectivity index (χ1v) is 8.55. The Balaban J connectivity index is 1.90. The standard InChI is InChI=1S/C19H23N3O3/c1-11(2)7-18-16-10-15(5-6-17(16)20-21-18)25-19-12(3)8-14(22(23)24)9-13(19)4/h8-11H,5-7H2,1-4H3,(H,20,21). The minimum atomic E-state index is -0.375. The van der Waals surface area contributed by atoms with Gasteiger partial charge in [-0.15, -0.1) is 0 Å². The summed E-state index contributed by atoms with van der Waals surface area (Å²) in [5.74, 6) is 2.11. The number of nitrogens with zero attached hydrogens (tertiary/aromatic N) is 2. The maximum Gasteiger partial charge on any atom is 0.270 e. The SMILES string of the molecule is Cc1cc([N+](=O)[O-])cc(C)c1OC1=Cc2c(CC(C)C)n[nH]c2CC1. The quantitative estimate of drug-likeness (QED) is 0.641. The molecule has 6 heteroatoms. The number of ether oxygens (including phenoxy) is 1. The van der Waals surface area contributed by atoms with Gasteiger partial charge >= 0.3 is 0 Å². The molecule has 0 saturated heterocycles. The van der Waals surface area contributed by atoms with E-state index in [4.69, 9.17) is 4.74 Å². The van der Waals surface area contributed by atoms with E-state index in [2.05, 4.69) is 30.1 Å². The predicted molar refractivity (Wildman–Crippen MR) is 96.6 cm³/mol. The van der Waals surface area contributed by atoms with Gasteiger partial charge in [0.15, 0.2) is 0 Å². The first-order valence-electron chi connectivity index (χ1n) is 8.55. The van der Waals surface area contributed by atoms with Crippen molar-refractivity contribution in [3.05, 3.63) is 56.1 Å². The summed E-state index contributed by atoms with van der Waals surface area (Å²) in [6.45, 7) is 8.03. The normalized spacial score (nSPS) is 13.6. The Morgan fingerprint density at radius 3 is 2.56 bits per heavy atom. The van der Waals surface area contributed by atoms with Crippen molar-refractivity contribution >= 4 is 11.8 Å². The van der Waals surface area contributed by atoms with E-state index in [0.717, 1.165) is 53.1 Å². The summed E-state index contributed by atoms with van der Waals surface area (Å²) in [5, 5.41) is 18.6. The molecule has 0 radical (unpaired) electrons. The average Bonchev–Trinajstić information content (AvgIpc) is 2.92. The van der Waals surface area contributed by atoms with Crippen LogP contribution in [0.2, 0.25) is 0 Å². The van der Waals surface area contributed by atoms with E-state index < -0.39 is 0 Å². The number of nitro groups is 1. The van der Waals surface area contributed by atoms with Gasteiger partial charge in [0, 0.05) is 29.8 Å². The Kier molecular flexibility index (Phi) is 4.61. The van der Waals surface area contributed by atoms with Crippen LogP contribution < -0.4 is 4.74 Å². The zero-order chi connectivity index (χ0) is 18.1. The van der Waals surface area contributed by atoms with E-state index in [1.54, 1.807) is 12.1 Å². The summed E-state index contributed by atoms with van der Waals surface area (Å²) in [6, 6.07) is 3.11. The van der Waals surface area contributed by atoms with Crippen LogP contribution >= 0.6 is 0 Å². The number of benzene rings is 1. The molecular weight excluding hydrogens is 318 g/mol. The van der Waals surface area contributed by atoms with Crippen molar-refractivity contribution in [2.75, 3.05) is 0 Å². The van der Waals surface area contributed by atoms with Crippen LogP contribution in [0.4, 0.5) is 5.69 Å². The number of rotatable bonds is 5. The average molecular weight is 341 g/mol. The number of nitrogens with one attached hydrogen (secondary N) is 1. The Bertz CT molecular complexity index is 827. The molecule has 0 fully saturated rings. The van der Waals surface area contributed by atoms with Gasteiger partial charge in [-0.25, -0.2) is 0 Å². The number of aromatic nitrogens is 2. The first kappa shape index (κ1) is 17.2. The zero-order valence-electron chi connectivity index (χ0n) is 15.0. The molecule has 0 bridgehead atoms. The van der Waals surface area contributed by atoms with Gasteiger partial charge in [0.1, 0.15) is 11.5 Å². The van der Waals surface area contributed by atoms with Crippen molar-refractivity contribution in [2.45, 2.75) is 47.0 Å². The highest BCUT2D eigenvalue weighted by Crippen LogP contribution is 2.33. The molecular formula is C19H23N3O3. The molecule has 2 aromatic rings. The summed E-state index contributed by atoms with van der Waals surface area (Å²) >= 11 is 0. The van der Waals surface area contributed by atoms with Gasteiger partial charge in [-0.05, 0) is 49.8 Å². The molecule has 25 heavy (non-hydrogen) atoms. The van der Waals surface area contributed by atoms with Gasteiger partial charge in [0.25, 0.3) is 5.69 Å². The molecule has 132 valence electrons. The molecule has 1 aromatic carbocycles. The van der Waals surface area contributed by atoms with E-state index >= 15 is 0 Å². The van der Waals surface area contributed by atoms with E-state index in [1.807, 2.05) is 13.8 Å². The number of non-ortho nitro benzene ring substituents is 1. The lowest BCUT2D eigenvalue weighted by molar-refractivity contribution is -0.385. The number of aromatic amines is 1. The summed E-state index contributed by atoms with van der Waals surface area (Å²) < 4.78 is 6.13. The fraction of sp³-hybridized carbons (Fsp3) is 0.421. The molecule has 0 saturated carbocycles. The molecule has 0 aliphatic heterocycles. The molecule has 0 amide bonds. The summed E-state index contributed by atoms with van der Waals surface area (Å²) in [7, 11) is 0. The Morgan fingerprint density at radius 2 is 1.96 bits per heavy atom. The second kappa shape index (κ2) is 6.70. The summed E-state index contributed by atoms with van der Waals surface area (Å²) in [6.07, 6.45) is 4.62. The summed E-state index contributed by atoms with van der Waals surface area (Å²) in [5.41, 5.74) is 4.99. The fourth-order valence-electron chi connectivity index (χ4n) is 3.22. The van der Waals surface area contributed by atoms with Crippen molar-refractivity contribution in [1.29, 1.82) is 0 Å². The van der Waals surface area contributed by atoms with Crippen LogP contribution in [0.15, 0.2) is 17.9 Å². The maximum absolute atomic E-state index is 11.0. The van der Waals surface area contributed by atoms with Crippen molar-refractivity contribution < 1.29 is 9.66 Å². The zero-order valence-corrected chi connectivity index (χ0v) is 15.0. The van der Waals surface area contributed by atoms with Crippen LogP contribution in [-0.4, -0.2) is 15.1 Å². The van der Waals surface area contributed by atoms with Crippen LogP contribution in [0.1, 0.15) is 48.3 Å². The third-order valence-corrected chi connectivity index (χ3v) is 4.38. The highest BCUT2D eigenvalue weighted by molar-refractivity contribution is 5.60. The Labute approximate surface area is 147 Å². The van der Waals surface area contributed by atoms with Crippen LogP contribution in [0.25, 0.3) is 6.08 Å². The first-order chi connectivity index (χ1) is 11.8. The minimum absolute atomic E-state index is 0.0938. The van der Waals surface area contributed by atoms with Gasteiger partial charge in [0.2, 0.25) is 0 Å². The predicted octanol–water partition coefficient (Wildman–Crippen LogP) is 4.50. The molecule has 1 aliphatic carbocycles. The molecule has 6 nitrogen and oxygen atoms in total. The van der Waals surface area contributed by atoms with Gasteiger partial charge in [-0.2, -0.15) is 5.10 Å². The lowest BCUT2D eigenvalue weighted by Gasteiger charge is -2.18. The Morgan fingerprint density at radius 1 is 1.28 bits per heavy atom. The van der Waals surface area contributed by atoms with Crippen molar-refractivity contribution in [3.8, 4) is 5.75 Å². The number of hydrogen-bond donors (Lipinski definition) is 1. The van der Waals surface area contributed by atoms with E-state index in [-0.39, 0.29) is 10.6 Å². The molecule has 0 atom stereocenters. The number of aryl methyl sites for hydroxylation is 3. The lowest BCUT2D eigenvalue weighted by atomic mass is 9.97. The smallest absolute Gasteiger partial charge is 0.270 e. The minimum Gasteiger partial charge on any atom is -0.461 e. The van der Waals surface area contributed by atoms with Gasteiger partial charge in [-0.3, -0.25) is 15.2 Å². The van der Waals surface area contributed by atoms with E-state index in [0.29, 0.717) is 11.7 Å². The topological polar surface area (TPSA) is 81.1 Å². The molecule has 1 aliphatic rings. The van der Waals surface area contributed by atoms with Crippen LogP contribution in [0, 0.1) is 29.9 Å². The molecule has 1 aromatic heterocycles. The molecule has 1 N–H and O–H groups in total. The third-order valence-electron chi connectivity index (χ3n) is 4.38. The monoisotopic (exact) mass is 341 g/mol. The number of H-pyrrole nitrogens is 1. The van der Waals surface area contributed by atoms with Gasteiger partial charge < -0.3 is 4.74 Å². The molecule has 3 rings (SSSR count). The highest BCUT2D eigenvalue weighted by atomic mass is 16.6. The van der Waals surface area contributed by atoms with Crippen molar-refractivity contribution in [3.63, 3.8) is 0 Å². The maximum atomic E-state index is 11.0. The van der Waals surface area contributed by atoms with Crippen LogP contribution in [-0.2, 0) is 12.8 Å². The van der Waals surface area contributed by atoms with E-state index in [1.165, 1.54) is 0 Å². The lowest BCUT2D eigenvalue weighted by Crippen LogP contribution is -2.07. The van der Waals surface area contributed by atoms with Gasteiger partial charge in [-0.1, -0.05) is 13.8 Å². The second-order valence-electron chi connectivity index (χ2n) is 7.04. The van der Waals surface area contributed by atoms with Crippen LogP contribution in [0.3, 0.4) is 0 Å². The number of fused-ring (bicyclic) bond motifs is 1.